The van der Waals surface area contributed by atoms with Gasteiger partial charge in [-0.15, -0.1) is 0 Å². The molecular formula is C8H10F2O4. The van der Waals surface area contributed by atoms with Crippen molar-refractivity contribution in [2.24, 2.45) is 0 Å². The lowest BCUT2D eigenvalue weighted by Gasteiger charge is -2.24. The van der Waals surface area contributed by atoms with E-state index in [4.69, 9.17) is 4.74 Å². The molecule has 1 saturated carbocycles. The second kappa shape index (κ2) is 4.88. The van der Waals surface area contributed by atoms with Crippen LogP contribution in [0.15, 0.2) is 0 Å². The monoisotopic (exact) mass is 208 g/mol. The summed E-state index contributed by atoms with van der Waals surface area (Å²) in [5.41, 5.74) is 0. The predicted octanol–water partition coefficient (Wildman–Crippen LogP) is 0.890. The molecule has 1 rings (SSSR count). The fraction of sp³-hybridized carbons (Fsp3) is 0.750. The Bertz CT molecular complexity index is 225. The van der Waals surface area contributed by atoms with E-state index in [1.54, 1.807) is 0 Å². The number of rotatable bonds is 4. The van der Waals surface area contributed by atoms with E-state index in [0.29, 0.717) is 0 Å². The molecule has 1 aliphatic rings. The molecule has 1 aliphatic carbocycles. The Morgan fingerprint density at radius 3 is 2.43 bits per heavy atom. The maximum Gasteiger partial charge on any atom is 0.374 e. The Morgan fingerprint density at radius 2 is 2.00 bits per heavy atom. The van der Waals surface area contributed by atoms with Gasteiger partial charge in [0.1, 0.15) is 6.10 Å². The van der Waals surface area contributed by atoms with Gasteiger partial charge in [0.25, 0.3) is 0 Å². The number of ether oxygens (including phenoxy) is 2. The minimum absolute atomic E-state index is 0.132. The summed E-state index contributed by atoms with van der Waals surface area (Å²) in [4.78, 5) is 21.1. The first-order valence-corrected chi connectivity index (χ1v) is 4.24. The summed E-state index contributed by atoms with van der Waals surface area (Å²) in [7, 11) is 0. The number of hydrogen-bond donors (Lipinski definition) is 0. The van der Waals surface area contributed by atoms with E-state index >= 15 is 0 Å². The first-order valence-electron chi connectivity index (χ1n) is 4.24. The summed E-state index contributed by atoms with van der Waals surface area (Å²) in [5, 5.41) is 0. The van der Waals surface area contributed by atoms with Crippen molar-refractivity contribution in [3.8, 4) is 0 Å². The number of carbonyl (C=O) groups excluding carboxylic acids is 2. The van der Waals surface area contributed by atoms with Gasteiger partial charge >= 0.3 is 18.4 Å². The van der Waals surface area contributed by atoms with Gasteiger partial charge in [0.05, 0.1) is 0 Å². The Morgan fingerprint density at radius 1 is 1.36 bits per heavy atom. The third-order valence-corrected chi connectivity index (χ3v) is 1.86. The van der Waals surface area contributed by atoms with E-state index < -0.39 is 25.0 Å². The molecule has 4 nitrogen and oxygen atoms in total. The lowest BCUT2D eigenvalue weighted by Crippen LogP contribution is -2.28. The molecule has 0 saturated heterocycles. The lowest BCUT2D eigenvalue weighted by atomic mass is 9.96. The highest BCUT2D eigenvalue weighted by Crippen LogP contribution is 2.21. The van der Waals surface area contributed by atoms with Crippen molar-refractivity contribution in [3.63, 3.8) is 0 Å². The smallest absolute Gasteiger partial charge is 0.374 e. The standard InChI is InChI=1S/C8H10F2O4/c9-7(10)8(12)13-4-6(11)14-5-2-1-3-5/h5,7H,1-4H2. The molecular weight excluding hydrogens is 198 g/mol. The van der Waals surface area contributed by atoms with E-state index in [9.17, 15) is 18.4 Å². The second-order valence-corrected chi connectivity index (χ2v) is 2.95. The van der Waals surface area contributed by atoms with Crippen LogP contribution < -0.4 is 0 Å². The Balaban J connectivity index is 2.11. The van der Waals surface area contributed by atoms with Crippen LogP contribution in [0.2, 0.25) is 0 Å². The maximum atomic E-state index is 11.6. The van der Waals surface area contributed by atoms with Crippen molar-refractivity contribution in [1.82, 2.24) is 0 Å². The quantitative estimate of drug-likeness (QED) is 0.644. The van der Waals surface area contributed by atoms with Gasteiger partial charge in [0, 0.05) is 0 Å². The van der Waals surface area contributed by atoms with E-state index in [1.165, 1.54) is 0 Å². The van der Waals surface area contributed by atoms with Gasteiger partial charge in [-0.3, -0.25) is 0 Å². The van der Waals surface area contributed by atoms with E-state index in [1.807, 2.05) is 0 Å². The number of hydrogen-bond acceptors (Lipinski definition) is 4. The molecule has 0 aromatic carbocycles. The molecule has 0 unspecified atom stereocenters. The minimum atomic E-state index is -3.20. The zero-order valence-corrected chi connectivity index (χ0v) is 7.37. The van der Waals surface area contributed by atoms with Crippen molar-refractivity contribution in [2.45, 2.75) is 31.8 Å². The zero-order valence-electron chi connectivity index (χ0n) is 7.37. The highest BCUT2D eigenvalue weighted by Gasteiger charge is 2.23. The molecule has 14 heavy (non-hydrogen) atoms. The largest absolute Gasteiger partial charge is 0.460 e. The first kappa shape index (κ1) is 10.9. The van der Waals surface area contributed by atoms with Crippen molar-refractivity contribution < 1.29 is 27.8 Å². The van der Waals surface area contributed by atoms with Crippen LogP contribution in [0.3, 0.4) is 0 Å². The van der Waals surface area contributed by atoms with Gasteiger partial charge in [-0.25, -0.2) is 9.59 Å². The Hall–Kier alpha value is -1.20. The molecule has 0 heterocycles. The maximum absolute atomic E-state index is 11.6. The highest BCUT2D eigenvalue weighted by molar-refractivity contribution is 5.78. The molecule has 6 heteroatoms. The van der Waals surface area contributed by atoms with Gasteiger partial charge < -0.3 is 9.47 Å². The molecule has 0 radical (unpaired) electrons. The zero-order chi connectivity index (χ0) is 10.6. The molecule has 0 aliphatic heterocycles. The summed E-state index contributed by atoms with van der Waals surface area (Å²) >= 11 is 0. The Kier molecular flexibility index (Phi) is 3.79. The molecule has 0 aromatic rings. The van der Waals surface area contributed by atoms with Crippen LogP contribution in [0.5, 0.6) is 0 Å². The van der Waals surface area contributed by atoms with E-state index in [2.05, 4.69) is 4.74 Å². The number of esters is 2. The van der Waals surface area contributed by atoms with Gasteiger partial charge in [0.15, 0.2) is 6.61 Å². The molecule has 0 spiro atoms. The summed E-state index contributed by atoms with van der Waals surface area (Å²) in [5.74, 6) is -2.47. The molecule has 0 atom stereocenters. The third-order valence-electron chi connectivity index (χ3n) is 1.86. The minimum Gasteiger partial charge on any atom is -0.460 e. The van der Waals surface area contributed by atoms with Crippen molar-refractivity contribution in [2.75, 3.05) is 6.61 Å². The van der Waals surface area contributed by atoms with Crippen LogP contribution in [0.25, 0.3) is 0 Å². The number of carbonyl (C=O) groups is 2. The summed E-state index contributed by atoms with van der Waals surface area (Å²) < 4.78 is 31.9. The molecule has 0 bridgehead atoms. The normalized spacial score (nSPS) is 16.2. The topological polar surface area (TPSA) is 52.6 Å². The lowest BCUT2D eigenvalue weighted by molar-refractivity contribution is -0.170. The highest BCUT2D eigenvalue weighted by atomic mass is 19.3. The average Bonchev–Trinajstić information content (AvgIpc) is 2.07. The van der Waals surface area contributed by atoms with Crippen LogP contribution in [0.1, 0.15) is 19.3 Å². The SMILES string of the molecule is O=C(COC(=O)C(F)F)OC1CCC1. The van der Waals surface area contributed by atoms with E-state index in [0.717, 1.165) is 19.3 Å². The molecule has 1 fully saturated rings. The molecule has 80 valence electrons. The second-order valence-electron chi connectivity index (χ2n) is 2.95. The van der Waals surface area contributed by atoms with Gasteiger partial charge in [-0.1, -0.05) is 0 Å². The van der Waals surface area contributed by atoms with Crippen LogP contribution in [0.4, 0.5) is 8.78 Å². The van der Waals surface area contributed by atoms with Gasteiger partial charge in [-0.2, -0.15) is 8.78 Å². The average molecular weight is 208 g/mol. The fourth-order valence-electron chi connectivity index (χ4n) is 0.902. The first-order chi connectivity index (χ1) is 6.59. The van der Waals surface area contributed by atoms with Crippen LogP contribution in [-0.4, -0.2) is 31.1 Å². The van der Waals surface area contributed by atoms with Crippen LogP contribution >= 0.6 is 0 Å². The summed E-state index contributed by atoms with van der Waals surface area (Å²) in [6.07, 6.45) is -0.767. The molecule has 0 N–H and O–H groups in total. The third kappa shape index (κ3) is 3.27. The number of halogens is 2. The van der Waals surface area contributed by atoms with Crippen LogP contribution in [-0.2, 0) is 19.1 Å². The fourth-order valence-corrected chi connectivity index (χ4v) is 0.902. The van der Waals surface area contributed by atoms with Crippen LogP contribution in [0, 0.1) is 0 Å². The van der Waals surface area contributed by atoms with Gasteiger partial charge in [-0.05, 0) is 19.3 Å². The Labute approximate surface area is 79.2 Å². The summed E-state index contributed by atoms with van der Waals surface area (Å²) in [6.45, 7) is -0.736. The van der Waals surface area contributed by atoms with Crippen molar-refractivity contribution >= 4 is 11.9 Å². The van der Waals surface area contributed by atoms with Crippen molar-refractivity contribution in [3.05, 3.63) is 0 Å². The predicted molar refractivity (Wildman–Crippen MR) is 40.7 cm³/mol. The van der Waals surface area contributed by atoms with Gasteiger partial charge in [0.2, 0.25) is 0 Å². The van der Waals surface area contributed by atoms with E-state index in [-0.39, 0.29) is 6.10 Å². The molecule has 0 aromatic heterocycles. The molecule has 0 amide bonds. The summed E-state index contributed by atoms with van der Waals surface area (Å²) in [6, 6.07) is 0. The number of alkyl halides is 2. The van der Waals surface area contributed by atoms with Crippen molar-refractivity contribution in [1.29, 1.82) is 0 Å².